The van der Waals surface area contributed by atoms with E-state index in [1.54, 1.807) is 0 Å². The minimum atomic E-state index is -1.32. The number of carbonyl (C=O) groups is 1. The molecule has 0 aliphatic carbocycles. The van der Waals surface area contributed by atoms with Crippen LogP contribution in [0.4, 0.5) is 8.78 Å². The highest BCUT2D eigenvalue weighted by atomic mass is 79.9. The van der Waals surface area contributed by atoms with E-state index >= 15 is 0 Å². The summed E-state index contributed by atoms with van der Waals surface area (Å²) in [5.41, 5.74) is -0.543. The summed E-state index contributed by atoms with van der Waals surface area (Å²) < 4.78 is 36.8. The summed E-state index contributed by atoms with van der Waals surface area (Å²) in [5.74, 6) is -3.96. The number of benzene rings is 1. The van der Waals surface area contributed by atoms with Crippen molar-refractivity contribution in [2.24, 2.45) is 0 Å². The summed E-state index contributed by atoms with van der Waals surface area (Å²) >= 11 is 2.90. The number of hydrogen-bond donors (Lipinski definition) is 1. The van der Waals surface area contributed by atoms with Gasteiger partial charge < -0.3 is 14.4 Å². The van der Waals surface area contributed by atoms with Crippen LogP contribution in [0.15, 0.2) is 21.1 Å². The van der Waals surface area contributed by atoms with Gasteiger partial charge in [-0.3, -0.25) is 0 Å². The molecule has 5 nitrogen and oxygen atoms in total. The van der Waals surface area contributed by atoms with Gasteiger partial charge in [-0.2, -0.15) is 0 Å². The van der Waals surface area contributed by atoms with E-state index in [0.717, 1.165) is 19.2 Å². The highest BCUT2D eigenvalue weighted by Crippen LogP contribution is 2.36. The molecule has 0 amide bonds. The Kier molecular flexibility index (Phi) is 3.52. The molecule has 2 aromatic rings. The van der Waals surface area contributed by atoms with Crippen molar-refractivity contribution in [1.82, 2.24) is 5.16 Å². The summed E-state index contributed by atoms with van der Waals surface area (Å²) in [7, 11) is 1.11. The smallest absolute Gasteiger partial charge is 0.358 e. The van der Waals surface area contributed by atoms with Gasteiger partial charge in [-0.05, 0) is 22.0 Å². The molecule has 19 heavy (non-hydrogen) atoms. The number of carboxylic acids is 1. The molecule has 0 saturated heterocycles. The molecule has 0 bridgehead atoms. The number of ether oxygens (including phenoxy) is 1. The first-order valence-corrected chi connectivity index (χ1v) is 5.67. The number of nitrogens with zero attached hydrogens (tertiary/aromatic N) is 1. The van der Waals surface area contributed by atoms with Gasteiger partial charge in [0.25, 0.3) is 0 Å². The Morgan fingerprint density at radius 3 is 2.63 bits per heavy atom. The van der Waals surface area contributed by atoms with Gasteiger partial charge in [0, 0.05) is 6.07 Å². The maximum absolute atomic E-state index is 14.0. The van der Waals surface area contributed by atoms with E-state index in [1.165, 1.54) is 0 Å². The first-order valence-electron chi connectivity index (χ1n) is 4.87. The zero-order valence-electron chi connectivity index (χ0n) is 9.41. The SMILES string of the molecule is COc1c(F)c(Br)cc(-c2cc(C(=O)O)no2)c1F. The van der Waals surface area contributed by atoms with Crippen LogP contribution in [-0.2, 0) is 0 Å². The van der Waals surface area contributed by atoms with Crippen LogP contribution in [-0.4, -0.2) is 23.3 Å². The molecule has 1 heterocycles. The molecule has 0 radical (unpaired) electrons. The number of halogens is 3. The standard InChI is InChI=1S/C11H6BrF2NO4/c1-18-10-8(13)4(2-5(12)9(10)14)7-3-6(11(16)17)15-19-7/h2-3H,1H3,(H,16,17). The van der Waals surface area contributed by atoms with Crippen LogP contribution < -0.4 is 4.74 Å². The molecule has 0 spiro atoms. The van der Waals surface area contributed by atoms with Crippen molar-refractivity contribution in [2.75, 3.05) is 7.11 Å². The highest BCUT2D eigenvalue weighted by molar-refractivity contribution is 9.10. The molecule has 0 atom stereocenters. The summed E-state index contributed by atoms with van der Waals surface area (Å²) in [6.45, 7) is 0. The molecule has 1 aromatic carbocycles. The summed E-state index contributed by atoms with van der Waals surface area (Å²) in [6, 6.07) is 2.14. The molecule has 0 unspecified atom stereocenters. The van der Waals surface area contributed by atoms with Crippen LogP contribution in [0.3, 0.4) is 0 Å². The Hall–Kier alpha value is -1.96. The maximum atomic E-state index is 14.0. The molecule has 2 rings (SSSR count). The fourth-order valence-corrected chi connectivity index (χ4v) is 1.85. The van der Waals surface area contributed by atoms with Crippen molar-refractivity contribution in [3.8, 4) is 17.1 Å². The second kappa shape index (κ2) is 4.96. The molecule has 8 heteroatoms. The van der Waals surface area contributed by atoms with Gasteiger partial charge in [-0.25, -0.2) is 13.6 Å². The third-order valence-corrected chi connectivity index (χ3v) is 2.89. The molecule has 0 aliphatic rings. The van der Waals surface area contributed by atoms with Crippen molar-refractivity contribution in [3.05, 3.63) is 33.9 Å². The van der Waals surface area contributed by atoms with E-state index in [9.17, 15) is 13.6 Å². The van der Waals surface area contributed by atoms with Crippen molar-refractivity contribution in [1.29, 1.82) is 0 Å². The van der Waals surface area contributed by atoms with Crippen molar-refractivity contribution in [2.45, 2.75) is 0 Å². The quantitative estimate of drug-likeness (QED) is 0.874. The van der Waals surface area contributed by atoms with Gasteiger partial charge in [-0.1, -0.05) is 5.16 Å². The third kappa shape index (κ3) is 2.30. The van der Waals surface area contributed by atoms with E-state index in [4.69, 9.17) is 9.63 Å². The zero-order chi connectivity index (χ0) is 14.2. The number of aromatic carboxylic acids is 1. The average Bonchev–Trinajstić information content (AvgIpc) is 2.84. The summed E-state index contributed by atoms with van der Waals surface area (Å²) in [6.07, 6.45) is 0. The molecule has 1 N–H and O–H groups in total. The lowest BCUT2D eigenvalue weighted by molar-refractivity contribution is 0.0686. The number of aromatic nitrogens is 1. The van der Waals surface area contributed by atoms with Gasteiger partial charge >= 0.3 is 5.97 Å². The average molecular weight is 334 g/mol. The molecule has 100 valence electrons. The highest BCUT2D eigenvalue weighted by Gasteiger charge is 2.22. The summed E-state index contributed by atoms with van der Waals surface area (Å²) in [4.78, 5) is 10.7. The van der Waals surface area contributed by atoms with E-state index < -0.39 is 23.4 Å². The van der Waals surface area contributed by atoms with E-state index in [1.807, 2.05) is 0 Å². The van der Waals surface area contributed by atoms with Gasteiger partial charge in [0.05, 0.1) is 17.1 Å². The van der Waals surface area contributed by atoms with Crippen LogP contribution in [0.2, 0.25) is 0 Å². The van der Waals surface area contributed by atoms with Gasteiger partial charge in [0.2, 0.25) is 0 Å². The van der Waals surface area contributed by atoms with E-state index in [0.29, 0.717) is 0 Å². The fraction of sp³-hybridized carbons (Fsp3) is 0.0909. The predicted molar refractivity (Wildman–Crippen MR) is 63.1 cm³/mol. The Labute approximate surface area is 113 Å². The molecule has 0 fully saturated rings. The lowest BCUT2D eigenvalue weighted by Gasteiger charge is -2.08. The van der Waals surface area contributed by atoms with Gasteiger partial charge in [-0.15, -0.1) is 0 Å². The first-order chi connectivity index (χ1) is 8.95. The minimum Gasteiger partial charge on any atom is -0.491 e. The largest absolute Gasteiger partial charge is 0.491 e. The number of methoxy groups -OCH3 is 1. The van der Waals surface area contributed by atoms with Crippen LogP contribution in [0, 0.1) is 11.6 Å². The van der Waals surface area contributed by atoms with Crippen LogP contribution >= 0.6 is 15.9 Å². The molecular formula is C11H6BrF2NO4. The number of rotatable bonds is 3. The Morgan fingerprint density at radius 1 is 1.42 bits per heavy atom. The normalized spacial score (nSPS) is 10.5. The fourth-order valence-electron chi connectivity index (χ4n) is 1.44. The van der Waals surface area contributed by atoms with Crippen molar-refractivity contribution in [3.63, 3.8) is 0 Å². The second-order valence-corrected chi connectivity index (χ2v) is 4.30. The van der Waals surface area contributed by atoms with Crippen LogP contribution in [0.5, 0.6) is 5.75 Å². The van der Waals surface area contributed by atoms with Gasteiger partial charge in [0.15, 0.2) is 28.8 Å². The van der Waals surface area contributed by atoms with Crippen LogP contribution in [0.1, 0.15) is 10.5 Å². The minimum absolute atomic E-state index is 0.0472. The molecule has 0 aliphatic heterocycles. The Balaban J connectivity index is 2.61. The van der Waals surface area contributed by atoms with E-state index in [-0.39, 0.29) is 21.5 Å². The monoisotopic (exact) mass is 333 g/mol. The Bertz CT molecular complexity index is 656. The number of hydrogen-bond acceptors (Lipinski definition) is 4. The zero-order valence-corrected chi connectivity index (χ0v) is 11.0. The first kappa shape index (κ1) is 13.5. The lowest BCUT2D eigenvalue weighted by atomic mass is 10.1. The maximum Gasteiger partial charge on any atom is 0.358 e. The summed E-state index contributed by atoms with van der Waals surface area (Å²) in [5, 5.41) is 12.0. The van der Waals surface area contributed by atoms with Crippen molar-refractivity contribution >= 4 is 21.9 Å². The third-order valence-electron chi connectivity index (χ3n) is 2.31. The lowest BCUT2D eigenvalue weighted by Crippen LogP contribution is -1.96. The molecule has 0 saturated carbocycles. The second-order valence-electron chi connectivity index (χ2n) is 3.45. The van der Waals surface area contributed by atoms with Crippen molar-refractivity contribution < 1.29 is 27.9 Å². The van der Waals surface area contributed by atoms with Crippen LogP contribution in [0.25, 0.3) is 11.3 Å². The predicted octanol–water partition coefficient (Wildman–Crippen LogP) is 3.09. The van der Waals surface area contributed by atoms with E-state index in [2.05, 4.69) is 25.8 Å². The number of carboxylic acid groups (broad SMARTS) is 1. The Morgan fingerprint density at radius 2 is 2.11 bits per heavy atom. The van der Waals surface area contributed by atoms with Gasteiger partial charge in [0.1, 0.15) is 0 Å². The topological polar surface area (TPSA) is 72.6 Å². The molecular weight excluding hydrogens is 328 g/mol. The molecule has 1 aromatic heterocycles.